The van der Waals surface area contributed by atoms with E-state index < -0.39 is 0 Å². The third-order valence-corrected chi connectivity index (χ3v) is 3.41. The highest BCUT2D eigenvalue weighted by Crippen LogP contribution is 2.38. The van der Waals surface area contributed by atoms with E-state index in [1.54, 1.807) is 18.1 Å². The Bertz CT molecular complexity index is 716. The highest BCUT2D eigenvalue weighted by atomic mass is 16.5. The van der Waals surface area contributed by atoms with Gasteiger partial charge >= 0.3 is 0 Å². The van der Waals surface area contributed by atoms with Crippen LogP contribution in [0.4, 0.5) is 5.69 Å². The predicted molar refractivity (Wildman–Crippen MR) is 72.2 cm³/mol. The van der Waals surface area contributed by atoms with Crippen molar-refractivity contribution in [2.24, 2.45) is 0 Å². The monoisotopic (exact) mass is 252 g/mol. The first-order chi connectivity index (χ1) is 9.27. The summed E-state index contributed by atoms with van der Waals surface area (Å²) in [6, 6.07) is 11.5. The summed E-state index contributed by atoms with van der Waals surface area (Å²) in [5.41, 5.74) is 1.82. The van der Waals surface area contributed by atoms with E-state index in [2.05, 4.69) is 6.07 Å². The Hall–Kier alpha value is -2.38. The Kier molecular flexibility index (Phi) is 2.69. The standard InChI is InChI=1S/C15H12N2O2/c1-19-8-7-17-12-4-2-3-10-5-6-11(9-16)14(13(10)12)15(17)18/h2-6H,7-8H2,1H3. The summed E-state index contributed by atoms with van der Waals surface area (Å²) < 4.78 is 5.04. The van der Waals surface area contributed by atoms with E-state index in [9.17, 15) is 4.79 Å². The highest BCUT2D eigenvalue weighted by molar-refractivity contribution is 6.26. The van der Waals surface area contributed by atoms with Crippen LogP contribution in [0.2, 0.25) is 0 Å². The van der Waals surface area contributed by atoms with E-state index in [0.717, 1.165) is 16.5 Å². The second-order valence-corrected chi connectivity index (χ2v) is 4.42. The van der Waals surface area contributed by atoms with Crippen molar-refractivity contribution in [2.75, 3.05) is 25.2 Å². The minimum Gasteiger partial charge on any atom is -0.383 e. The summed E-state index contributed by atoms with van der Waals surface area (Å²) in [7, 11) is 1.61. The molecule has 0 saturated heterocycles. The van der Waals surface area contributed by atoms with Gasteiger partial charge in [-0.1, -0.05) is 18.2 Å². The normalized spacial score (nSPS) is 13.1. The van der Waals surface area contributed by atoms with Gasteiger partial charge in [-0.25, -0.2) is 0 Å². The van der Waals surface area contributed by atoms with E-state index in [1.165, 1.54) is 0 Å². The van der Waals surface area contributed by atoms with Gasteiger partial charge in [0.1, 0.15) is 0 Å². The van der Waals surface area contributed by atoms with Crippen LogP contribution in [0.1, 0.15) is 15.9 Å². The highest BCUT2D eigenvalue weighted by Gasteiger charge is 2.31. The molecule has 0 aliphatic carbocycles. The van der Waals surface area contributed by atoms with Crippen LogP contribution in [-0.4, -0.2) is 26.2 Å². The summed E-state index contributed by atoms with van der Waals surface area (Å²) in [6.45, 7) is 0.964. The SMILES string of the molecule is COCCN1C(=O)c2c(C#N)ccc3cccc1c23. The zero-order chi connectivity index (χ0) is 13.4. The minimum absolute atomic E-state index is 0.111. The molecule has 94 valence electrons. The van der Waals surface area contributed by atoms with Gasteiger partial charge in [0.05, 0.1) is 29.5 Å². The molecule has 4 nitrogen and oxygen atoms in total. The molecule has 1 amide bonds. The molecule has 1 aliphatic heterocycles. The number of ether oxygens (including phenoxy) is 1. The van der Waals surface area contributed by atoms with Gasteiger partial charge < -0.3 is 9.64 Å². The van der Waals surface area contributed by atoms with Crippen LogP contribution in [0.25, 0.3) is 10.8 Å². The van der Waals surface area contributed by atoms with Crippen molar-refractivity contribution in [1.29, 1.82) is 5.26 Å². The van der Waals surface area contributed by atoms with Crippen LogP contribution in [0, 0.1) is 11.3 Å². The topological polar surface area (TPSA) is 53.3 Å². The number of carbonyl (C=O) groups is 1. The van der Waals surface area contributed by atoms with E-state index in [1.807, 2.05) is 24.3 Å². The number of carbonyl (C=O) groups excluding carboxylic acids is 1. The first-order valence-corrected chi connectivity index (χ1v) is 6.04. The molecule has 0 bridgehead atoms. The minimum atomic E-state index is -0.111. The lowest BCUT2D eigenvalue weighted by Gasteiger charge is -2.16. The molecular formula is C15H12N2O2. The fourth-order valence-electron chi connectivity index (χ4n) is 2.55. The van der Waals surface area contributed by atoms with Gasteiger partial charge in [-0.2, -0.15) is 5.26 Å². The van der Waals surface area contributed by atoms with Crippen molar-refractivity contribution in [3.8, 4) is 6.07 Å². The Morgan fingerprint density at radius 2 is 2.16 bits per heavy atom. The number of rotatable bonds is 3. The van der Waals surface area contributed by atoms with E-state index in [0.29, 0.717) is 24.3 Å². The Morgan fingerprint density at radius 1 is 1.32 bits per heavy atom. The van der Waals surface area contributed by atoms with Gasteiger partial charge in [-0.05, 0) is 17.5 Å². The van der Waals surface area contributed by atoms with Gasteiger partial charge in [-0.3, -0.25) is 4.79 Å². The Morgan fingerprint density at radius 3 is 2.89 bits per heavy atom. The number of nitrogens with zero attached hydrogens (tertiary/aromatic N) is 2. The number of methoxy groups -OCH3 is 1. The quantitative estimate of drug-likeness (QED) is 0.842. The van der Waals surface area contributed by atoms with Crippen LogP contribution in [0.5, 0.6) is 0 Å². The van der Waals surface area contributed by atoms with Crippen LogP contribution < -0.4 is 4.90 Å². The lowest BCUT2D eigenvalue weighted by Crippen LogP contribution is -2.30. The largest absolute Gasteiger partial charge is 0.383 e. The molecule has 4 heteroatoms. The van der Waals surface area contributed by atoms with Crippen LogP contribution in [0.3, 0.4) is 0 Å². The smallest absolute Gasteiger partial charge is 0.260 e. The third kappa shape index (κ3) is 1.60. The van der Waals surface area contributed by atoms with Crippen molar-refractivity contribution in [3.63, 3.8) is 0 Å². The van der Waals surface area contributed by atoms with E-state index >= 15 is 0 Å². The maximum Gasteiger partial charge on any atom is 0.260 e. The maximum absolute atomic E-state index is 12.5. The molecule has 0 spiro atoms. The van der Waals surface area contributed by atoms with Gasteiger partial charge in [0.2, 0.25) is 0 Å². The molecule has 0 saturated carbocycles. The lowest BCUT2D eigenvalue weighted by atomic mass is 10.0. The molecule has 3 rings (SSSR count). The Balaban J connectivity index is 2.25. The first-order valence-electron chi connectivity index (χ1n) is 6.04. The number of hydrogen-bond donors (Lipinski definition) is 0. The van der Waals surface area contributed by atoms with Crippen LogP contribution >= 0.6 is 0 Å². The average Bonchev–Trinajstić information content (AvgIpc) is 2.73. The molecule has 0 aromatic heterocycles. The lowest BCUT2D eigenvalue weighted by molar-refractivity contribution is 0.0982. The van der Waals surface area contributed by atoms with Crippen molar-refractivity contribution in [3.05, 3.63) is 41.5 Å². The summed E-state index contributed by atoms with van der Waals surface area (Å²) >= 11 is 0. The van der Waals surface area contributed by atoms with Crippen LogP contribution in [0.15, 0.2) is 30.3 Å². The number of nitriles is 1. The zero-order valence-corrected chi connectivity index (χ0v) is 10.5. The fraction of sp³-hybridized carbons (Fsp3) is 0.200. The fourth-order valence-corrected chi connectivity index (χ4v) is 2.55. The molecule has 2 aromatic rings. The molecular weight excluding hydrogens is 240 g/mol. The molecule has 0 N–H and O–H groups in total. The van der Waals surface area contributed by atoms with E-state index in [4.69, 9.17) is 10.00 Å². The molecule has 1 aliphatic rings. The molecule has 1 heterocycles. The number of anilines is 1. The third-order valence-electron chi connectivity index (χ3n) is 3.41. The van der Waals surface area contributed by atoms with Gasteiger partial charge in [0.15, 0.2) is 0 Å². The average molecular weight is 252 g/mol. The second kappa shape index (κ2) is 4.38. The molecule has 2 aromatic carbocycles. The molecule has 0 atom stereocenters. The first kappa shape index (κ1) is 11.7. The summed E-state index contributed by atoms with van der Waals surface area (Å²) in [5.74, 6) is -0.111. The van der Waals surface area contributed by atoms with Crippen molar-refractivity contribution in [2.45, 2.75) is 0 Å². The number of hydrogen-bond acceptors (Lipinski definition) is 3. The molecule has 0 unspecified atom stereocenters. The number of benzene rings is 2. The van der Waals surface area contributed by atoms with Crippen molar-refractivity contribution in [1.82, 2.24) is 0 Å². The number of amides is 1. The predicted octanol–water partition coefficient (Wildman–Crippen LogP) is 2.32. The van der Waals surface area contributed by atoms with Gasteiger partial charge in [-0.15, -0.1) is 0 Å². The molecule has 0 radical (unpaired) electrons. The van der Waals surface area contributed by atoms with E-state index in [-0.39, 0.29) is 5.91 Å². The second-order valence-electron chi connectivity index (χ2n) is 4.42. The summed E-state index contributed by atoms with van der Waals surface area (Å²) in [5, 5.41) is 11.0. The van der Waals surface area contributed by atoms with Gasteiger partial charge in [0.25, 0.3) is 5.91 Å². The maximum atomic E-state index is 12.5. The van der Waals surface area contributed by atoms with Crippen LogP contribution in [-0.2, 0) is 4.74 Å². The zero-order valence-electron chi connectivity index (χ0n) is 10.5. The Labute approximate surface area is 110 Å². The van der Waals surface area contributed by atoms with Crippen molar-refractivity contribution < 1.29 is 9.53 Å². The van der Waals surface area contributed by atoms with Crippen molar-refractivity contribution >= 4 is 22.4 Å². The summed E-state index contributed by atoms with van der Waals surface area (Å²) in [4.78, 5) is 14.2. The van der Waals surface area contributed by atoms with Gasteiger partial charge in [0, 0.05) is 19.0 Å². The molecule has 19 heavy (non-hydrogen) atoms. The summed E-state index contributed by atoms with van der Waals surface area (Å²) in [6.07, 6.45) is 0. The molecule has 0 fully saturated rings.